The van der Waals surface area contributed by atoms with E-state index in [0.29, 0.717) is 13.2 Å². The SMILES string of the molecule is CCOC(=O)CC(=O)C(C)(OCC)OCC. The summed E-state index contributed by atoms with van der Waals surface area (Å²) < 4.78 is 15.2. The van der Waals surface area contributed by atoms with Crippen LogP contribution in [0.15, 0.2) is 0 Å². The molecule has 0 heterocycles. The first-order valence-electron chi connectivity index (χ1n) is 5.47. The molecular formula is C11H20O5. The van der Waals surface area contributed by atoms with Gasteiger partial charge in [-0.2, -0.15) is 0 Å². The largest absolute Gasteiger partial charge is 0.466 e. The van der Waals surface area contributed by atoms with E-state index in [2.05, 4.69) is 0 Å². The van der Waals surface area contributed by atoms with Gasteiger partial charge < -0.3 is 14.2 Å². The van der Waals surface area contributed by atoms with E-state index in [-0.39, 0.29) is 13.0 Å². The Morgan fingerprint density at radius 1 is 1.00 bits per heavy atom. The third-order valence-electron chi connectivity index (χ3n) is 1.96. The van der Waals surface area contributed by atoms with Crippen molar-refractivity contribution in [3.63, 3.8) is 0 Å². The van der Waals surface area contributed by atoms with Gasteiger partial charge in [0.2, 0.25) is 11.6 Å². The molecule has 0 rings (SSSR count). The first-order valence-corrected chi connectivity index (χ1v) is 5.47. The molecule has 0 bridgehead atoms. The smallest absolute Gasteiger partial charge is 0.313 e. The number of ketones is 1. The fourth-order valence-corrected chi connectivity index (χ4v) is 1.26. The maximum Gasteiger partial charge on any atom is 0.313 e. The monoisotopic (exact) mass is 232 g/mol. The summed E-state index contributed by atoms with van der Waals surface area (Å²) in [6.45, 7) is 7.65. The van der Waals surface area contributed by atoms with Crippen LogP contribution < -0.4 is 0 Å². The van der Waals surface area contributed by atoms with Gasteiger partial charge in [-0.3, -0.25) is 9.59 Å². The van der Waals surface area contributed by atoms with Gasteiger partial charge in [0.05, 0.1) is 6.61 Å². The second kappa shape index (κ2) is 7.35. The zero-order valence-electron chi connectivity index (χ0n) is 10.4. The number of Topliss-reactive ketones (excluding diaryl/α,β-unsaturated/α-hetero) is 1. The van der Waals surface area contributed by atoms with Crippen molar-refractivity contribution in [2.75, 3.05) is 19.8 Å². The van der Waals surface area contributed by atoms with Gasteiger partial charge in [0, 0.05) is 13.2 Å². The fourth-order valence-electron chi connectivity index (χ4n) is 1.26. The summed E-state index contributed by atoms with van der Waals surface area (Å²) in [7, 11) is 0. The van der Waals surface area contributed by atoms with Crippen molar-refractivity contribution in [3.05, 3.63) is 0 Å². The summed E-state index contributed by atoms with van der Waals surface area (Å²) in [5.41, 5.74) is 0. The van der Waals surface area contributed by atoms with Gasteiger partial charge in [-0.15, -0.1) is 0 Å². The number of rotatable bonds is 8. The lowest BCUT2D eigenvalue weighted by Gasteiger charge is -2.27. The Morgan fingerprint density at radius 2 is 1.50 bits per heavy atom. The van der Waals surface area contributed by atoms with Crippen LogP contribution in [0.3, 0.4) is 0 Å². The minimum Gasteiger partial charge on any atom is -0.466 e. The van der Waals surface area contributed by atoms with Gasteiger partial charge >= 0.3 is 5.97 Å². The molecule has 0 aromatic rings. The molecule has 0 atom stereocenters. The molecular weight excluding hydrogens is 212 g/mol. The summed E-state index contributed by atoms with van der Waals surface area (Å²) >= 11 is 0. The fraction of sp³-hybridized carbons (Fsp3) is 0.818. The Morgan fingerprint density at radius 3 is 1.88 bits per heavy atom. The van der Waals surface area contributed by atoms with Crippen LogP contribution in [0.5, 0.6) is 0 Å². The first kappa shape index (κ1) is 15.1. The van der Waals surface area contributed by atoms with E-state index in [4.69, 9.17) is 14.2 Å². The van der Waals surface area contributed by atoms with Gasteiger partial charge in [0.1, 0.15) is 6.42 Å². The minimum atomic E-state index is -1.35. The molecule has 5 heteroatoms. The molecule has 0 N–H and O–H groups in total. The second-order valence-electron chi connectivity index (χ2n) is 3.22. The van der Waals surface area contributed by atoms with Gasteiger partial charge in [0.15, 0.2) is 0 Å². The molecule has 0 spiro atoms. The lowest BCUT2D eigenvalue weighted by atomic mass is 10.1. The molecule has 0 aromatic carbocycles. The van der Waals surface area contributed by atoms with Crippen LogP contribution in [0.25, 0.3) is 0 Å². The van der Waals surface area contributed by atoms with Crippen molar-refractivity contribution < 1.29 is 23.8 Å². The van der Waals surface area contributed by atoms with Crippen LogP contribution in [-0.2, 0) is 23.8 Å². The van der Waals surface area contributed by atoms with Crippen molar-refractivity contribution in [2.24, 2.45) is 0 Å². The average Bonchev–Trinajstić information content (AvgIpc) is 2.18. The van der Waals surface area contributed by atoms with Crippen LogP contribution in [0.2, 0.25) is 0 Å². The maximum atomic E-state index is 11.8. The van der Waals surface area contributed by atoms with Crippen LogP contribution in [-0.4, -0.2) is 37.4 Å². The summed E-state index contributed by atoms with van der Waals surface area (Å²) in [4.78, 5) is 22.9. The third kappa shape index (κ3) is 4.72. The standard InChI is InChI=1S/C11H20O5/c1-5-14-10(13)8-9(12)11(4,15-6-2)16-7-3/h5-8H2,1-4H3. The average molecular weight is 232 g/mol. The third-order valence-corrected chi connectivity index (χ3v) is 1.96. The molecule has 0 saturated carbocycles. The van der Waals surface area contributed by atoms with Gasteiger partial charge in [-0.25, -0.2) is 0 Å². The molecule has 0 aromatic heterocycles. The number of hydrogen-bond acceptors (Lipinski definition) is 5. The highest BCUT2D eigenvalue weighted by molar-refractivity contribution is 5.99. The number of ether oxygens (including phenoxy) is 3. The molecule has 0 amide bonds. The van der Waals surface area contributed by atoms with E-state index in [1.807, 2.05) is 0 Å². The zero-order valence-corrected chi connectivity index (χ0v) is 10.4. The normalized spacial score (nSPS) is 11.2. The number of esters is 1. The molecule has 0 radical (unpaired) electrons. The lowest BCUT2D eigenvalue weighted by molar-refractivity contribution is -0.217. The molecule has 0 aliphatic rings. The van der Waals surface area contributed by atoms with Crippen molar-refractivity contribution in [1.82, 2.24) is 0 Å². The van der Waals surface area contributed by atoms with E-state index in [9.17, 15) is 9.59 Å². The van der Waals surface area contributed by atoms with Gasteiger partial charge in [-0.1, -0.05) is 0 Å². The maximum absolute atomic E-state index is 11.8. The zero-order chi connectivity index (χ0) is 12.6. The molecule has 5 nitrogen and oxygen atoms in total. The molecule has 0 fully saturated rings. The van der Waals surface area contributed by atoms with E-state index >= 15 is 0 Å². The molecule has 0 saturated heterocycles. The van der Waals surface area contributed by atoms with Crippen molar-refractivity contribution in [1.29, 1.82) is 0 Å². The molecule has 0 aliphatic carbocycles. The minimum absolute atomic E-state index is 0.256. The quantitative estimate of drug-likeness (QED) is 0.358. The molecule has 16 heavy (non-hydrogen) atoms. The Balaban J connectivity index is 4.43. The summed E-state index contributed by atoms with van der Waals surface area (Å²) in [6.07, 6.45) is -0.329. The highest BCUT2D eigenvalue weighted by Gasteiger charge is 2.35. The Kier molecular flexibility index (Phi) is 6.92. The summed E-state index contributed by atoms with van der Waals surface area (Å²) in [6, 6.07) is 0. The van der Waals surface area contributed by atoms with Crippen LogP contribution in [0.1, 0.15) is 34.1 Å². The van der Waals surface area contributed by atoms with Crippen LogP contribution >= 0.6 is 0 Å². The summed E-state index contributed by atoms with van der Waals surface area (Å²) in [5.74, 6) is -2.33. The number of carbonyl (C=O) groups excluding carboxylic acids is 2. The van der Waals surface area contributed by atoms with E-state index in [1.54, 1.807) is 20.8 Å². The van der Waals surface area contributed by atoms with Crippen molar-refractivity contribution in [2.45, 2.75) is 39.9 Å². The number of carbonyl (C=O) groups is 2. The van der Waals surface area contributed by atoms with Crippen molar-refractivity contribution in [3.8, 4) is 0 Å². The second-order valence-corrected chi connectivity index (χ2v) is 3.22. The van der Waals surface area contributed by atoms with Crippen LogP contribution in [0, 0.1) is 0 Å². The predicted molar refractivity (Wildman–Crippen MR) is 57.9 cm³/mol. The van der Waals surface area contributed by atoms with E-state index in [0.717, 1.165) is 0 Å². The van der Waals surface area contributed by atoms with Crippen LogP contribution in [0.4, 0.5) is 0 Å². The first-order chi connectivity index (χ1) is 7.50. The lowest BCUT2D eigenvalue weighted by Crippen LogP contribution is -2.42. The van der Waals surface area contributed by atoms with Crippen molar-refractivity contribution >= 4 is 11.8 Å². The molecule has 94 valence electrons. The Bertz CT molecular complexity index is 231. The predicted octanol–water partition coefficient (Wildman–Crippen LogP) is 1.30. The molecule has 0 aliphatic heterocycles. The Labute approximate surface area is 96.1 Å². The Hall–Kier alpha value is -0.940. The summed E-state index contributed by atoms with van der Waals surface area (Å²) in [5, 5.41) is 0. The van der Waals surface area contributed by atoms with Gasteiger partial charge in [0.25, 0.3) is 0 Å². The highest BCUT2D eigenvalue weighted by Crippen LogP contribution is 2.16. The van der Waals surface area contributed by atoms with E-state index in [1.165, 1.54) is 6.92 Å². The highest BCUT2D eigenvalue weighted by atomic mass is 16.7. The van der Waals surface area contributed by atoms with E-state index < -0.39 is 17.5 Å². The molecule has 0 unspecified atom stereocenters. The topological polar surface area (TPSA) is 61.8 Å². The number of hydrogen-bond donors (Lipinski definition) is 0. The van der Waals surface area contributed by atoms with Gasteiger partial charge in [-0.05, 0) is 27.7 Å².